The summed E-state index contributed by atoms with van der Waals surface area (Å²) in [4.78, 5) is 0. The van der Waals surface area contributed by atoms with Gasteiger partial charge in [0.15, 0.2) is 0 Å². The van der Waals surface area contributed by atoms with Crippen molar-refractivity contribution in [3.05, 3.63) is 83.9 Å². The Balaban J connectivity index is 0.000000231. The SMILES string of the molecule is C=CCOCc1ccccc1.CCCOCc1ccc(C)cc1. The van der Waals surface area contributed by atoms with Crippen molar-refractivity contribution in [2.75, 3.05) is 13.2 Å². The number of ether oxygens (including phenoxy) is 2. The maximum atomic E-state index is 5.41. The number of hydrogen-bond acceptors (Lipinski definition) is 2. The first-order valence-electron chi connectivity index (χ1n) is 8.12. The monoisotopic (exact) mass is 312 g/mol. The molecule has 0 aromatic heterocycles. The average molecular weight is 312 g/mol. The van der Waals surface area contributed by atoms with Crippen LogP contribution in [0.2, 0.25) is 0 Å². The maximum absolute atomic E-state index is 5.41. The largest absolute Gasteiger partial charge is 0.377 e. The molecule has 2 heteroatoms. The van der Waals surface area contributed by atoms with Crippen molar-refractivity contribution in [2.45, 2.75) is 33.5 Å². The molecular weight excluding hydrogens is 284 g/mol. The molecule has 0 N–H and O–H groups in total. The molecule has 0 saturated carbocycles. The zero-order valence-corrected chi connectivity index (χ0v) is 14.3. The molecule has 0 aliphatic rings. The predicted octanol–water partition coefficient (Wildman–Crippen LogP) is 5.31. The number of hydrogen-bond donors (Lipinski definition) is 0. The summed E-state index contributed by atoms with van der Waals surface area (Å²) in [5.41, 5.74) is 3.76. The first-order valence-corrected chi connectivity index (χ1v) is 8.12. The van der Waals surface area contributed by atoms with Gasteiger partial charge in [-0.3, -0.25) is 0 Å². The highest BCUT2D eigenvalue weighted by Gasteiger charge is 1.91. The molecule has 0 bridgehead atoms. The fraction of sp³-hybridized carbons (Fsp3) is 0.333. The Morgan fingerprint density at radius 2 is 1.48 bits per heavy atom. The fourth-order valence-electron chi connectivity index (χ4n) is 1.85. The lowest BCUT2D eigenvalue weighted by molar-refractivity contribution is 0.121. The molecule has 23 heavy (non-hydrogen) atoms. The quantitative estimate of drug-likeness (QED) is 0.486. The topological polar surface area (TPSA) is 18.5 Å². The molecule has 0 aliphatic heterocycles. The summed E-state index contributed by atoms with van der Waals surface area (Å²) >= 11 is 0. The number of aryl methyl sites for hydroxylation is 1. The molecule has 2 rings (SSSR count). The molecule has 0 unspecified atom stereocenters. The van der Waals surface area contributed by atoms with Gasteiger partial charge in [-0.05, 0) is 24.5 Å². The highest BCUT2D eigenvalue weighted by Crippen LogP contribution is 2.04. The van der Waals surface area contributed by atoms with E-state index in [1.54, 1.807) is 6.08 Å². The van der Waals surface area contributed by atoms with Crippen molar-refractivity contribution >= 4 is 0 Å². The Labute approximate surface area is 140 Å². The highest BCUT2D eigenvalue weighted by molar-refractivity contribution is 5.20. The van der Waals surface area contributed by atoms with E-state index < -0.39 is 0 Å². The second-order valence-electron chi connectivity index (χ2n) is 5.33. The van der Waals surface area contributed by atoms with Gasteiger partial charge in [-0.2, -0.15) is 0 Å². The van der Waals surface area contributed by atoms with Crippen LogP contribution in [0, 0.1) is 6.92 Å². The van der Waals surface area contributed by atoms with Gasteiger partial charge in [-0.15, -0.1) is 6.58 Å². The summed E-state index contributed by atoms with van der Waals surface area (Å²) in [6.07, 6.45) is 2.84. The summed E-state index contributed by atoms with van der Waals surface area (Å²) in [6, 6.07) is 18.6. The Morgan fingerprint density at radius 1 is 0.870 bits per heavy atom. The number of rotatable bonds is 8. The van der Waals surface area contributed by atoms with Crippen molar-refractivity contribution in [1.29, 1.82) is 0 Å². The van der Waals surface area contributed by atoms with Gasteiger partial charge in [-0.25, -0.2) is 0 Å². The van der Waals surface area contributed by atoms with Crippen LogP contribution in [0.4, 0.5) is 0 Å². The van der Waals surface area contributed by atoms with Gasteiger partial charge >= 0.3 is 0 Å². The molecule has 0 aliphatic carbocycles. The van der Waals surface area contributed by atoms with E-state index in [2.05, 4.69) is 44.7 Å². The van der Waals surface area contributed by atoms with Crippen LogP contribution in [-0.2, 0) is 22.7 Å². The van der Waals surface area contributed by atoms with Gasteiger partial charge in [0.25, 0.3) is 0 Å². The van der Waals surface area contributed by atoms with Crippen LogP contribution < -0.4 is 0 Å². The van der Waals surface area contributed by atoms with E-state index >= 15 is 0 Å². The molecular formula is C21H28O2. The Morgan fingerprint density at radius 3 is 2.09 bits per heavy atom. The van der Waals surface area contributed by atoms with E-state index in [1.165, 1.54) is 16.7 Å². The lowest BCUT2D eigenvalue weighted by Gasteiger charge is -2.02. The first kappa shape index (κ1) is 19.1. The third-order valence-electron chi connectivity index (χ3n) is 3.09. The van der Waals surface area contributed by atoms with Crippen molar-refractivity contribution in [2.24, 2.45) is 0 Å². The van der Waals surface area contributed by atoms with Gasteiger partial charge in [0.1, 0.15) is 0 Å². The molecule has 2 aromatic carbocycles. The van der Waals surface area contributed by atoms with Gasteiger partial charge in [0.2, 0.25) is 0 Å². The molecule has 2 aromatic rings. The van der Waals surface area contributed by atoms with Crippen molar-refractivity contribution in [3.8, 4) is 0 Å². The Bertz CT molecular complexity index is 517. The lowest BCUT2D eigenvalue weighted by Crippen LogP contribution is -1.93. The van der Waals surface area contributed by atoms with Crippen molar-refractivity contribution in [3.63, 3.8) is 0 Å². The summed E-state index contributed by atoms with van der Waals surface area (Å²) in [7, 11) is 0. The van der Waals surface area contributed by atoms with Gasteiger partial charge in [0.05, 0.1) is 19.8 Å². The van der Waals surface area contributed by atoms with Crippen LogP contribution in [0.15, 0.2) is 67.3 Å². The van der Waals surface area contributed by atoms with E-state index in [9.17, 15) is 0 Å². The second kappa shape index (κ2) is 12.6. The normalized spacial score (nSPS) is 9.83. The minimum Gasteiger partial charge on any atom is -0.377 e. The Hall–Kier alpha value is -1.90. The summed E-state index contributed by atoms with van der Waals surface area (Å²) < 4.78 is 10.7. The molecule has 0 saturated heterocycles. The van der Waals surface area contributed by atoms with Gasteiger partial charge in [0, 0.05) is 6.61 Å². The highest BCUT2D eigenvalue weighted by atomic mass is 16.5. The predicted molar refractivity (Wildman–Crippen MR) is 97.4 cm³/mol. The zero-order chi connectivity index (χ0) is 16.8. The lowest BCUT2D eigenvalue weighted by atomic mass is 10.2. The molecule has 124 valence electrons. The molecule has 2 nitrogen and oxygen atoms in total. The molecule has 0 fully saturated rings. The zero-order valence-electron chi connectivity index (χ0n) is 14.3. The van der Waals surface area contributed by atoms with E-state index in [0.717, 1.165) is 19.6 Å². The van der Waals surface area contributed by atoms with Crippen LogP contribution in [0.3, 0.4) is 0 Å². The minimum absolute atomic E-state index is 0.620. The standard InChI is InChI=1S/C11H16O.C10H12O/c1-3-8-12-9-11-6-4-10(2)5-7-11;1-2-8-11-9-10-6-4-3-5-7-10/h4-7H,3,8-9H2,1-2H3;2-7H,1,8-9H2. The second-order valence-corrected chi connectivity index (χ2v) is 5.33. The van der Waals surface area contributed by atoms with Crippen LogP contribution in [0.5, 0.6) is 0 Å². The van der Waals surface area contributed by atoms with Crippen molar-refractivity contribution in [1.82, 2.24) is 0 Å². The number of benzene rings is 2. The first-order chi connectivity index (χ1) is 11.3. The molecule has 0 heterocycles. The third kappa shape index (κ3) is 9.67. The van der Waals surface area contributed by atoms with Crippen LogP contribution >= 0.6 is 0 Å². The van der Waals surface area contributed by atoms with Gasteiger partial charge < -0.3 is 9.47 Å². The maximum Gasteiger partial charge on any atom is 0.0721 e. The summed E-state index contributed by atoms with van der Waals surface area (Å²) in [5.74, 6) is 0. The third-order valence-corrected chi connectivity index (χ3v) is 3.09. The average Bonchev–Trinajstić information content (AvgIpc) is 2.59. The molecule has 0 radical (unpaired) electrons. The van der Waals surface area contributed by atoms with E-state index in [4.69, 9.17) is 9.47 Å². The van der Waals surface area contributed by atoms with E-state index in [1.807, 2.05) is 30.3 Å². The van der Waals surface area contributed by atoms with Crippen molar-refractivity contribution < 1.29 is 9.47 Å². The van der Waals surface area contributed by atoms with E-state index in [-0.39, 0.29) is 0 Å². The van der Waals surface area contributed by atoms with Crippen LogP contribution in [0.1, 0.15) is 30.0 Å². The smallest absolute Gasteiger partial charge is 0.0721 e. The fourth-order valence-corrected chi connectivity index (χ4v) is 1.85. The Kier molecular flexibility index (Phi) is 10.5. The van der Waals surface area contributed by atoms with Gasteiger partial charge in [-0.1, -0.05) is 73.2 Å². The van der Waals surface area contributed by atoms with E-state index in [0.29, 0.717) is 13.2 Å². The minimum atomic E-state index is 0.620. The molecule has 0 atom stereocenters. The van der Waals surface area contributed by atoms with Crippen LogP contribution in [0.25, 0.3) is 0 Å². The summed E-state index contributed by atoms with van der Waals surface area (Å²) in [5, 5.41) is 0. The summed E-state index contributed by atoms with van der Waals surface area (Å²) in [6.45, 7) is 10.7. The molecule has 0 spiro atoms. The van der Waals surface area contributed by atoms with Crippen LogP contribution in [-0.4, -0.2) is 13.2 Å². The molecule has 0 amide bonds.